The highest BCUT2D eigenvalue weighted by Gasteiger charge is 2.23. The molecule has 0 saturated carbocycles. The van der Waals surface area contributed by atoms with Crippen LogP contribution in [0.5, 0.6) is 0 Å². The third kappa shape index (κ3) is 4.52. The Labute approximate surface area is 144 Å². The molecular formula is C17H21N3O3S. The van der Waals surface area contributed by atoms with Crippen molar-refractivity contribution in [1.82, 2.24) is 14.9 Å². The molecule has 6 nitrogen and oxygen atoms in total. The van der Waals surface area contributed by atoms with E-state index in [1.807, 2.05) is 24.0 Å². The normalized spacial score (nSPS) is 18.4. The number of aryl methyl sites for hydroxylation is 1. The lowest BCUT2D eigenvalue weighted by molar-refractivity contribution is -0.130. The van der Waals surface area contributed by atoms with Crippen molar-refractivity contribution in [2.24, 2.45) is 5.92 Å². The Hall–Kier alpha value is -1.99. The van der Waals surface area contributed by atoms with Crippen molar-refractivity contribution in [3.05, 3.63) is 50.3 Å². The molecule has 2 aromatic heterocycles. The van der Waals surface area contributed by atoms with E-state index in [9.17, 15) is 9.59 Å². The van der Waals surface area contributed by atoms with Crippen LogP contribution in [-0.4, -0.2) is 47.1 Å². The molecule has 128 valence electrons. The molecule has 0 spiro atoms. The fraction of sp³-hybridized carbons (Fsp3) is 0.471. The van der Waals surface area contributed by atoms with Gasteiger partial charge in [0.25, 0.3) is 5.56 Å². The zero-order chi connectivity index (χ0) is 16.9. The first-order chi connectivity index (χ1) is 11.6. The summed E-state index contributed by atoms with van der Waals surface area (Å²) in [6.07, 6.45) is 2.48. The lowest BCUT2D eigenvalue weighted by Gasteiger charge is -2.23. The van der Waals surface area contributed by atoms with Crippen LogP contribution in [0.3, 0.4) is 0 Å². The molecule has 3 rings (SSSR count). The minimum absolute atomic E-state index is 0.131. The first kappa shape index (κ1) is 16.9. The number of amides is 1. The van der Waals surface area contributed by atoms with Gasteiger partial charge in [0.05, 0.1) is 26.0 Å². The molecule has 0 aliphatic carbocycles. The number of aromatic amines is 1. The topological polar surface area (TPSA) is 75.3 Å². The van der Waals surface area contributed by atoms with Crippen LogP contribution in [0.15, 0.2) is 29.3 Å². The van der Waals surface area contributed by atoms with E-state index < -0.39 is 0 Å². The van der Waals surface area contributed by atoms with Gasteiger partial charge in [-0.25, -0.2) is 4.98 Å². The van der Waals surface area contributed by atoms with Crippen molar-refractivity contribution in [2.75, 3.05) is 26.3 Å². The smallest absolute Gasteiger partial charge is 0.250 e. The number of aromatic nitrogens is 2. The number of carbonyl (C=O) groups is 1. The van der Waals surface area contributed by atoms with Gasteiger partial charge in [0.2, 0.25) is 5.91 Å². The van der Waals surface area contributed by atoms with Gasteiger partial charge in [0.15, 0.2) is 0 Å². The van der Waals surface area contributed by atoms with Gasteiger partial charge >= 0.3 is 0 Å². The van der Waals surface area contributed by atoms with Crippen LogP contribution >= 0.6 is 11.3 Å². The summed E-state index contributed by atoms with van der Waals surface area (Å²) in [6, 6.07) is 5.57. The van der Waals surface area contributed by atoms with Crippen molar-refractivity contribution in [2.45, 2.75) is 19.8 Å². The van der Waals surface area contributed by atoms with Crippen molar-refractivity contribution >= 4 is 17.2 Å². The minimum Gasteiger partial charge on any atom is -0.379 e. The summed E-state index contributed by atoms with van der Waals surface area (Å²) in [4.78, 5) is 34.9. The summed E-state index contributed by atoms with van der Waals surface area (Å²) < 4.78 is 5.64. The number of rotatable bonds is 4. The van der Waals surface area contributed by atoms with E-state index in [1.165, 1.54) is 17.3 Å². The molecule has 3 heterocycles. The minimum atomic E-state index is -0.157. The van der Waals surface area contributed by atoms with Crippen LogP contribution in [0, 0.1) is 12.8 Å². The Kier molecular flexibility index (Phi) is 5.42. The summed E-state index contributed by atoms with van der Waals surface area (Å²) in [5.41, 5.74) is 0.575. The Morgan fingerprint density at radius 1 is 1.50 bits per heavy atom. The van der Waals surface area contributed by atoms with Crippen molar-refractivity contribution in [3.63, 3.8) is 0 Å². The second kappa shape index (κ2) is 7.72. The lowest BCUT2D eigenvalue weighted by Crippen LogP contribution is -2.37. The number of thiophene rings is 1. The van der Waals surface area contributed by atoms with Crippen LogP contribution in [0.1, 0.15) is 15.4 Å². The molecule has 1 fully saturated rings. The molecule has 1 saturated heterocycles. The molecule has 1 amide bonds. The first-order valence-corrected chi connectivity index (χ1v) is 8.86. The van der Waals surface area contributed by atoms with Gasteiger partial charge in [-0.05, 0) is 25.5 Å². The maximum absolute atomic E-state index is 12.6. The molecule has 1 N–H and O–H groups in total. The second-order valence-electron chi connectivity index (χ2n) is 6.08. The molecular weight excluding hydrogens is 326 g/mol. The highest BCUT2D eigenvalue weighted by molar-refractivity contribution is 7.12. The van der Waals surface area contributed by atoms with E-state index in [0.717, 1.165) is 10.6 Å². The third-order valence-corrected chi connectivity index (χ3v) is 5.05. The largest absolute Gasteiger partial charge is 0.379 e. The van der Waals surface area contributed by atoms with E-state index in [4.69, 9.17) is 4.74 Å². The van der Waals surface area contributed by atoms with Gasteiger partial charge < -0.3 is 14.6 Å². The SMILES string of the molecule is Cc1ccc(CC(=O)N2CCOC[C@@H](Cc3cc(=O)[nH]cn3)C2)s1. The maximum atomic E-state index is 12.6. The van der Waals surface area contributed by atoms with Crippen molar-refractivity contribution in [3.8, 4) is 0 Å². The number of hydrogen-bond donors (Lipinski definition) is 1. The van der Waals surface area contributed by atoms with Gasteiger partial charge in [-0.1, -0.05) is 0 Å². The molecule has 1 aliphatic heterocycles. The van der Waals surface area contributed by atoms with Crippen molar-refractivity contribution < 1.29 is 9.53 Å². The predicted octanol–water partition coefficient (Wildman–Crippen LogP) is 1.40. The number of H-pyrrole nitrogens is 1. The number of hydrogen-bond acceptors (Lipinski definition) is 5. The summed E-state index contributed by atoms with van der Waals surface area (Å²) in [5, 5.41) is 0. The standard InChI is InChI=1S/C17H21N3O3S/c1-12-2-3-15(24-12)8-17(22)20-4-5-23-10-13(9-20)6-14-7-16(21)19-11-18-14/h2-3,7,11,13H,4-6,8-10H2,1H3,(H,18,19,21)/t13-/m0/s1. The Morgan fingerprint density at radius 3 is 3.12 bits per heavy atom. The van der Waals surface area contributed by atoms with Crippen LogP contribution in [0.4, 0.5) is 0 Å². The lowest BCUT2D eigenvalue weighted by atomic mass is 10.0. The number of ether oxygens (including phenoxy) is 1. The molecule has 1 aliphatic rings. The van der Waals surface area contributed by atoms with Crippen molar-refractivity contribution in [1.29, 1.82) is 0 Å². The highest BCUT2D eigenvalue weighted by Crippen LogP contribution is 2.18. The van der Waals surface area contributed by atoms with Crippen LogP contribution in [0.2, 0.25) is 0 Å². The molecule has 0 aromatic carbocycles. The van der Waals surface area contributed by atoms with Crippen LogP contribution in [0.25, 0.3) is 0 Å². The molecule has 0 bridgehead atoms. The Morgan fingerprint density at radius 2 is 2.38 bits per heavy atom. The Balaban J connectivity index is 1.63. The molecule has 2 aromatic rings. The van der Waals surface area contributed by atoms with Gasteiger partial charge in [0.1, 0.15) is 0 Å². The number of nitrogens with zero attached hydrogens (tertiary/aromatic N) is 2. The van der Waals surface area contributed by atoms with Gasteiger partial charge in [-0.2, -0.15) is 0 Å². The molecule has 7 heteroatoms. The summed E-state index contributed by atoms with van der Waals surface area (Å²) in [7, 11) is 0. The molecule has 0 unspecified atom stereocenters. The fourth-order valence-corrected chi connectivity index (χ4v) is 3.77. The van der Waals surface area contributed by atoms with E-state index in [0.29, 0.717) is 39.1 Å². The zero-order valence-corrected chi connectivity index (χ0v) is 14.5. The quantitative estimate of drug-likeness (QED) is 0.907. The average molecular weight is 347 g/mol. The van der Waals surface area contributed by atoms with E-state index in [2.05, 4.69) is 9.97 Å². The molecule has 1 atom stereocenters. The second-order valence-corrected chi connectivity index (χ2v) is 7.45. The van der Waals surface area contributed by atoms with Crippen LogP contribution in [-0.2, 0) is 22.4 Å². The van der Waals surface area contributed by atoms with E-state index in [1.54, 1.807) is 11.3 Å². The Bertz CT molecular complexity index is 755. The average Bonchev–Trinajstić information content (AvgIpc) is 2.81. The first-order valence-electron chi connectivity index (χ1n) is 8.04. The molecule has 0 radical (unpaired) electrons. The highest BCUT2D eigenvalue weighted by atomic mass is 32.1. The van der Waals surface area contributed by atoms with Crippen LogP contribution < -0.4 is 5.56 Å². The summed E-state index contributed by atoms with van der Waals surface area (Å²) >= 11 is 1.66. The van der Waals surface area contributed by atoms with E-state index >= 15 is 0 Å². The predicted molar refractivity (Wildman–Crippen MR) is 92.2 cm³/mol. The third-order valence-electron chi connectivity index (χ3n) is 4.04. The number of nitrogens with one attached hydrogen (secondary N) is 1. The summed E-state index contributed by atoms with van der Waals surface area (Å²) in [5.74, 6) is 0.280. The molecule has 24 heavy (non-hydrogen) atoms. The fourth-order valence-electron chi connectivity index (χ4n) is 2.89. The van der Waals surface area contributed by atoms with Gasteiger partial charge in [0, 0.05) is 40.5 Å². The van der Waals surface area contributed by atoms with Gasteiger partial charge in [-0.15, -0.1) is 11.3 Å². The maximum Gasteiger partial charge on any atom is 0.250 e. The monoisotopic (exact) mass is 347 g/mol. The number of carbonyl (C=O) groups excluding carboxylic acids is 1. The zero-order valence-electron chi connectivity index (χ0n) is 13.7. The van der Waals surface area contributed by atoms with E-state index in [-0.39, 0.29) is 17.4 Å². The summed E-state index contributed by atoms with van der Waals surface area (Å²) in [6.45, 7) is 4.42. The van der Waals surface area contributed by atoms with Gasteiger partial charge in [-0.3, -0.25) is 9.59 Å².